The zero-order chi connectivity index (χ0) is 18.1. The van der Waals surface area contributed by atoms with Crippen molar-refractivity contribution in [2.24, 2.45) is 7.05 Å². The van der Waals surface area contributed by atoms with E-state index in [0.717, 1.165) is 55.1 Å². The molecule has 26 heavy (non-hydrogen) atoms. The molecular formula is C18H24N8. The minimum atomic E-state index is 0.859. The van der Waals surface area contributed by atoms with Gasteiger partial charge in [0, 0.05) is 71.1 Å². The van der Waals surface area contributed by atoms with Crippen molar-refractivity contribution in [1.29, 1.82) is 0 Å². The largest absolute Gasteiger partial charge is 0.369 e. The first-order valence-electron chi connectivity index (χ1n) is 8.85. The fourth-order valence-corrected chi connectivity index (χ4v) is 3.45. The van der Waals surface area contributed by atoms with Crippen LogP contribution in [0.5, 0.6) is 0 Å². The molecule has 0 unspecified atom stereocenters. The fourth-order valence-electron chi connectivity index (χ4n) is 3.45. The number of hydrogen-bond donors (Lipinski definition) is 0. The molecule has 0 spiro atoms. The highest BCUT2D eigenvalue weighted by Gasteiger charge is 2.19. The Labute approximate surface area is 153 Å². The first-order valence-corrected chi connectivity index (χ1v) is 8.85. The molecule has 4 rings (SSSR count). The lowest BCUT2D eigenvalue weighted by atomic mass is 10.1. The van der Waals surface area contributed by atoms with Gasteiger partial charge in [0.1, 0.15) is 12.1 Å². The molecule has 1 fully saturated rings. The van der Waals surface area contributed by atoms with E-state index in [2.05, 4.69) is 48.3 Å². The summed E-state index contributed by atoms with van der Waals surface area (Å²) in [6.45, 7) is 4.88. The van der Waals surface area contributed by atoms with E-state index in [9.17, 15) is 0 Å². The molecule has 0 N–H and O–H groups in total. The van der Waals surface area contributed by atoms with Crippen molar-refractivity contribution < 1.29 is 0 Å². The molecule has 3 heterocycles. The zero-order valence-corrected chi connectivity index (χ0v) is 15.5. The molecule has 0 bridgehead atoms. The van der Waals surface area contributed by atoms with Crippen LogP contribution >= 0.6 is 0 Å². The number of rotatable bonds is 4. The van der Waals surface area contributed by atoms with Gasteiger partial charge in [-0.05, 0) is 18.2 Å². The van der Waals surface area contributed by atoms with Crippen LogP contribution < -0.4 is 9.80 Å². The van der Waals surface area contributed by atoms with Gasteiger partial charge >= 0.3 is 0 Å². The van der Waals surface area contributed by atoms with Crippen molar-refractivity contribution in [1.82, 2.24) is 29.9 Å². The molecular weight excluding hydrogens is 328 g/mol. The Kier molecular flexibility index (Phi) is 4.42. The molecule has 8 heteroatoms. The van der Waals surface area contributed by atoms with E-state index in [1.807, 2.05) is 32.2 Å². The predicted molar refractivity (Wildman–Crippen MR) is 102 cm³/mol. The molecule has 2 aromatic heterocycles. The number of nitrogens with zero attached hydrogens (tertiary/aromatic N) is 8. The van der Waals surface area contributed by atoms with Crippen molar-refractivity contribution in [2.45, 2.75) is 6.54 Å². The smallest absolute Gasteiger partial charge is 0.139 e. The molecule has 0 atom stereocenters. The van der Waals surface area contributed by atoms with Crippen molar-refractivity contribution in [2.75, 3.05) is 50.1 Å². The van der Waals surface area contributed by atoms with Crippen LogP contribution in [0.15, 0.2) is 30.7 Å². The van der Waals surface area contributed by atoms with Crippen LogP contribution in [0.25, 0.3) is 10.9 Å². The second-order valence-electron chi connectivity index (χ2n) is 6.94. The summed E-state index contributed by atoms with van der Waals surface area (Å²) in [6, 6.07) is 6.46. The molecule has 0 saturated carbocycles. The Morgan fingerprint density at radius 3 is 2.58 bits per heavy atom. The normalized spacial score (nSPS) is 15.6. The Morgan fingerprint density at radius 2 is 1.88 bits per heavy atom. The minimum absolute atomic E-state index is 0.859. The summed E-state index contributed by atoms with van der Waals surface area (Å²) in [5, 5.41) is 9.29. The van der Waals surface area contributed by atoms with Crippen LogP contribution in [0.2, 0.25) is 0 Å². The highest BCUT2D eigenvalue weighted by atomic mass is 15.4. The number of hydrogen-bond acceptors (Lipinski definition) is 7. The summed E-state index contributed by atoms with van der Waals surface area (Å²) >= 11 is 0. The molecule has 1 aliphatic rings. The average molecular weight is 352 g/mol. The van der Waals surface area contributed by atoms with Gasteiger partial charge in [-0.2, -0.15) is 0 Å². The van der Waals surface area contributed by atoms with E-state index in [1.54, 1.807) is 11.0 Å². The molecule has 136 valence electrons. The quantitative estimate of drug-likeness (QED) is 0.698. The van der Waals surface area contributed by atoms with Crippen molar-refractivity contribution in [3.8, 4) is 0 Å². The van der Waals surface area contributed by atoms with Crippen LogP contribution in [0.1, 0.15) is 5.69 Å². The molecule has 8 nitrogen and oxygen atoms in total. The summed E-state index contributed by atoms with van der Waals surface area (Å²) < 4.78 is 1.76. The van der Waals surface area contributed by atoms with Crippen LogP contribution in [-0.4, -0.2) is 70.1 Å². The Balaban J connectivity index is 1.48. The number of aryl methyl sites for hydroxylation is 1. The van der Waals surface area contributed by atoms with Crippen LogP contribution in [0, 0.1) is 0 Å². The Morgan fingerprint density at radius 1 is 1.08 bits per heavy atom. The first-order chi connectivity index (χ1) is 12.6. The average Bonchev–Trinajstić information content (AvgIpc) is 3.06. The molecule has 0 amide bonds. The monoisotopic (exact) mass is 352 g/mol. The van der Waals surface area contributed by atoms with Gasteiger partial charge in [-0.1, -0.05) is 5.21 Å². The van der Waals surface area contributed by atoms with Crippen molar-refractivity contribution >= 4 is 22.4 Å². The molecule has 0 aliphatic carbocycles. The van der Waals surface area contributed by atoms with Gasteiger partial charge in [0.25, 0.3) is 0 Å². The zero-order valence-electron chi connectivity index (χ0n) is 15.5. The maximum Gasteiger partial charge on any atom is 0.139 e. The molecule has 1 aliphatic heterocycles. The standard InChI is InChI=1S/C18H24N8/c1-23(2)18-16-10-15(4-5-17(16)19-13-20-18)26-8-6-25(7-9-26)12-14-11-24(3)22-21-14/h4-5,10-11,13H,6-9,12H2,1-3H3. The van der Waals surface area contributed by atoms with E-state index in [4.69, 9.17) is 0 Å². The topological polar surface area (TPSA) is 66.2 Å². The van der Waals surface area contributed by atoms with Crippen LogP contribution in [0.3, 0.4) is 0 Å². The summed E-state index contributed by atoms with van der Waals surface area (Å²) in [4.78, 5) is 15.7. The summed E-state index contributed by atoms with van der Waals surface area (Å²) in [5.41, 5.74) is 3.24. The molecule has 3 aromatic rings. The van der Waals surface area contributed by atoms with Gasteiger partial charge in [0.15, 0.2) is 0 Å². The second-order valence-corrected chi connectivity index (χ2v) is 6.94. The molecule has 0 radical (unpaired) electrons. The van der Waals surface area contributed by atoms with E-state index < -0.39 is 0 Å². The molecule has 1 saturated heterocycles. The van der Waals surface area contributed by atoms with Crippen molar-refractivity contribution in [3.05, 3.63) is 36.4 Å². The van der Waals surface area contributed by atoms with Gasteiger partial charge in [-0.25, -0.2) is 9.97 Å². The van der Waals surface area contributed by atoms with Gasteiger partial charge < -0.3 is 9.80 Å². The lowest BCUT2D eigenvalue weighted by Gasteiger charge is -2.35. The van der Waals surface area contributed by atoms with Crippen molar-refractivity contribution in [3.63, 3.8) is 0 Å². The fraction of sp³-hybridized carbons (Fsp3) is 0.444. The third kappa shape index (κ3) is 3.32. The van der Waals surface area contributed by atoms with Gasteiger partial charge in [-0.3, -0.25) is 9.58 Å². The van der Waals surface area contributed by atoms with E-state index in [1.165, 1.54) is 5.69 Å². The summed E-state index contributed by atoms with van der Waals surface area (Å²) in [7, 11) is 5.93. The lowest BCUT2D eigenvalue weighted by Crippen LogP contribution is -2.46. The number of anilines is 2. The summed E-state index contributed by atoms with van der Waals surface area (Å²) in [6.07, 6.45) is 3.61. The Hall–Kier alpha value is -2.74. The highest BCUT2D eigenvalue weighted by molar-refractivity contribution is 5.91. The van der Waals surface area contributed by atoms with E-state index in [0.29, 0.717) is 0 Å². The second kappa shape index (κ2) is 6.87. The van der Waals surface area contributed by atoms with Gasteiger partial charge in [0.05, 0.1) is 11.2 Å². The van der Waals surface area contributed by atoms with Gasteiger partial charge in [-0.15, -0.1) is 5.10 Å². The van der Waals surface area contributed by atoms with Gasteiger partial charge in [0.2, 0.25) is 0 Å². The number of piperazine rings is 1. The van der Waals surface area contributed by atoms with E-state index >= 15 is 0 Å². The Bertz CT molecular complexity index is 895. The predicted octanol–water partition coefficient (Wildman–Crippen LogP) is 1.15. The SMILES string of the molecule is CN(C)c1ncnc2ccc(N3CCN(Cc4cn(C)nn4)CC3)cc12. The molecule has 1 aromatic carbocycles. The first kappa shape index (κ1) is 16.7. The van der Waals surface area contributed by atoms with Crippen LogP contribution in [-0.2, 0) is 13.6 Å². The third-order valence-corrected chi connectivity index (χ3v) is 4.79. The minimum Gasteiger partial charge on any atom is -0.369 e. The van der Waals surface area contributed by atoms with Crippen LogP contribution in [0.4, 0.5) is 11.5 Å². The lowest BCUT2D eigenvalue weighted by molar-refractivity contribution is 0.247. The maximum absolute atomic E-state index is 4.43. The summed E-state index contributed by atoms with van der Waals surface area (Å²) in [5.74, 6) is 0.957. The highest BCUT2D eigenvalue weighted by Crippen LogP contribution is 2.27. The van der Waals surface area contributed by atoms with E-state index in [-0.39, 0.29) is 0 Å². The maximum atomic E-state index is 4.43. The number of fused-ring (bicyclic) bond motifs is 1. The number of aromatic nitrogens is 5. The third-order valence-electron chi connectivity index (χ3n) is 4.79. The number of benzene rings is 1.